The number of nitrogens with one attached hydrogen (secondary N) is 1. The lowest BCUT2D eigenvalue weighted by Gasteiger charge is -2.31. The summed E-state index contributed by atoms with van der Waals surface area (Å²) < 4.78 is 32.4. The van der Waals surface area contributed by atoms with E-state index in [-0.39, 0.29) is 18.6 Å². The van der Waals surface area contributed by atoms with Crippen LogP contribution in [-0.4, -0.2) is 29.3 Å². The number of halogens is 2. The van der Waals surface area contributed by atoms with E-state index in [9.17, 15) is 18.7 Å². The van der Waals surface area contributed by atoms with Crippen LogP contribution in [-0.2, 0) is 4.79 Å². The Balaban J connectivity index is 1.79. The van der Waals surface area contributed by atoms with Gasteiger partial charge in [0, 0.05) is 6.04 Å². The zero-order valence-corrected chi connectivity index (χ0v) is 11.4. The molecule has 2 N–H and O–H groups in total. The second kappa shape index (κ2) is 5.26. The first-order valence-corrected chi connectivity index (χ1v) is 7.11. The van der Waals surface area contributed by atoms with Crippen molar-refractivity contribution in [2.45, 2.75) is 37.3 Å². The van der Waals surface area contributed by atoms with Crippen molar-refractivity contribution in [3.8, 4) is 5.75 Å². The molecule has 0 heterocycles. The number of rotatable bonds is 7. The normalized spacial score (nSPS) is 20.9. The number of para-hydroxylation sites is 1. The lowest BCUT2D eigenvalue weighted by atomic mass is 9.94. The summed E-state index contributed by atoms with van der Waals surface area (Å²) in [7, 11) is 0. The first-order chi connectivity index (χ1) is 10.0. The number of hydrogen-bond acceptors (Lipinski definition) is 3. The summed E-state index contributed by atoms with van der Waals surface area (Å²) in [4.78, 5) is 11.7. The smallest absolute Gasteiger partial charge is 0.327 e. The molecule has 114 valence electrons. The first-order valence-electron chi connectivity index (χ1n) is 7.11. The molecule has 1 unspecified atom stereocenters. The standard InChI is InChI=1S/C15H17F2NO3/c16-11-2-1-3-12(17)13(11)21-8-15(14(19)20,9-4-5-9)18-10-6-7-10/h1-3,9-10,18H,4-8H2,(H,19,20). The predicted octanol–water partition coefficient (Wildman–Crippen LogP) is 2.33. The minimum absolute atomic E-state index is 0.0505. The second-order valence-electron chi connectivity index (χ2n) is 5.81. The van der Waals surface area contributed by atoms with Crippen LogP contribution in [0.25, 0.3) is 0 Å². The highest BCUT2D eigenvalue weighted by atomic mass is 19.1. The summed E-state index contributed by atoms with van der Waals surface area (Å²) in [5, 5.41) is 12.7. The Bertz CT molecular complexity index is 538. The van der Waals surface area contributed by atoms with Gasteiger partial charge in [-0.05, 0) is 43.7 Å². The van der Waals surface area contributed by atoms with Crippen molar-refractivity contribution in [1.29, 1.82) is 0 Å². The molecule has 6 heteroatoms. The van der Waals surface area contributed by atoms with Crippen molar-refractivity contribution in [1.82, 2.24) is 5.32 Å². The van der Waals surface area contributed by atoms with Gasteiger partial charge < -0.3 is 9.84 Å². The maximum absolute atomic E-state index is 13.6. The molecule has 1 aromatic rings. The average Bonchev–Trinajstić information content (AvgIpc) is 3.29. The third-order valence-electron chi connectivity index (χ3n) is 4.06. The fourth-order valence-electron chi connectivity index (χ4n) is 2.55. The van der Waals surface area contributed by atoms with Crippen LogP contribution >= 0.6 is 0 Å². The summed E-state index contributed by atoms with van der Waals surface area (Å²) in [6.07, 6.45) is 3.43. The maximum atomic E-state index is 13.6. The molecule has 0 spiro atoms. The quantitative estimate of drug-likeness (QED) is 0.811. The Kier molecular flexibility index (Phi) is 3.57. The van der Waals surface area contributed by atoms with E-state index in [2.05, 4.69) is 5.32 Å². The Morgan fingerprint density at radius 1 is 1.29 bits per heavy atom. The van der Waals surface area contributed by atoms with Crippen LogP contribution in [0.2, 0.25) is 0 Å². The number of ether oxygens (including phenoxy) is 1. The number of carbonyl (C=O) groups is 1. The van der Waals surface area contributed by atoms with Crippen molar-refractivity contribution in [2.24, 2.45) is 5.92 Å². The summed E-state index contributed by atoms with van der Waals surface area (Å²) in [5.41, 5.74) is -1.25. The molecular weight excluding hydrogens is 280 g/mol. The minimum atomic E-state index is -1.25. The van der Waals surface area contributed by atoms with Gasteiger partial charge in [0.05, 0.1) is 0 Å². The van der Waals surface area contributed by atoms with Crippen LogP contribution in [0.1, 0.15) is 25.7 Å². The fourth-order valence-corrected chi connectivity index (χ4v) is 2.55. The maximum Gasteiger partial charge on any atom is 0.327 e. The molecule has 0 aliphatic heterocycles. The molecule has 4 nitrogen and oxygen atoms in total. The van der Waals surface area contributed by atoms with Gasteiger partial charge in [-0.2, -0.15) is 0 Å². The second-order valence-corrected chi connectivity index (χ2v) is 5.81. The predicted molar refractivity (Wildman–Crippen MR) is 71.1 cm³/mol. The Labute approximate surface area is 121 Å². The van der Waals surface area contributed by atoms with Gasteiger partial charge >= 0.3 is 5.97 Å². The van der Waals surface area contributed by atoms with E-state index >= 15 is 0 Å². The van der Waals surface area contributed by atoms with E-state index in [4.69, 9.17) is 4.74 Å². The van der Waals surface area contributed by atoms with Gasteiger partial charge in [0.25, 0.3) is 0 Å². The van der Waals surface area contributed by atoms with E-state index < -0.39 is 28.9 Å². The molecule has 3 rings (SSSR count). The topological polar surface area (TPSA) is 58.6 Å². The van der Waals surface area contributed by atoms with Gasteiger partial charge in [-0.15, -0.1) is 0 Å². The van der Waals surface area contributed by atoms with E-state index in [1.807, 2.05) is 0 Å². The molecular formula is C15H17F2NO3. The van der Waals surface area contributed by atoms with Gasteiger partial charge in [-0.1, -0.05) is 6.07 Å². The van der Waals surface area contributed by atoms with Gasteiger partial charge in [0.2, 0.25) is 0 Å². The SMILES string of the molecule is O=C(O)C(COc1c(F)cccc1F)(NC1CC1)C1CC1. The Morgan fingerprint density at radius 3 is 2.38 bits per heavy atom. The van der Waals surface area contributed by atoms with Gasteiger partial charge in [-0.3, -0.25) is 10.1 Å². The highest BCUT2D eigenvalue weighted by Crippen LogP contribution is 2.42. The molecule has 1 atom stereocenters. The van der Waals surface area contributed by atoms with Gasteiger partial charge in [-0.25, -0.2) is 8.78 Å². The van der Waals surface area contributed by atoms with Gasteiger partial charge in [0.1, 0.15) is 6.61 Å². The Morgan fingerprint density at radius 2 is 1.90 bits per heavy atom. The van der Waals surface area contributed by atoms with Crippen LogP contribution in [0, 0.1) is 17.6 Å². The van der Waals surface area contributed by atoms with Crippen LogP contribution in [0.4, 0.5) is 8.78 Å². The lowest BCUT2D eigenvalue weighted by Crippen LogP contribution is -2.59. The first kappa shape index (κ1) is 14.3. The summed E-state index contributed by atoms with van der Waals surface area (Å²) >= 11 is 0. The number of aliphatic carboxylic acids is 1. The third-order valence-corrected chi connectivity index (χ3v) is 4.06. The van der Waals surface area contributed by atoms with Crippen molar-refractivity contribution in [3.05, 3.63) is 29.8 Å². The molecule has 21 heavy (non-hydrogen) atoms. The van der Waals surface area contributed by atoms with E-state index in [1.165, 1.54) is 6.07 Å². The van der Waals surface area contributed by atoms with Crippen LogP contribution in [0.5, 0.6) is 5.75 Å². The van der Waals surface area contributed by atoms with Crippen LogP contribution < -0.4 is 10.1 Å². The fraction of sp³-hybridized carbons (Fsp3) is 0.533. The summed E-state index contributed by atoms with van der Waals surface area (Å²) in [6.45, 7) is -0.276. The van der Waals surface area contributed by atoms with Crippen molar-refractivity contribution < 1.29 is 23.4 Å². The molecule has 2 aliphatic rings. The van der Waals surface area contributed by atoms with E-state index in [0.717, 1.165) is 37.8 Å². The zero-order valence-electron chi connectivity index (χ0n) is 11.4. The molecule has 0 radical (unpaired) electrons. The minimum Gasteiger partial charge on any atom is -0.485 e. The molecule has 2 saturated carbocycles. The largest absolute Gasteiger partial charge is 0.485 e. The highest BCUT2D eigenvalue weighted by molar-refractivity contribution is 5.80. The van der Waals surface area contributed by atoms with E-state index in [1.54, 1.807) is 0 Å². The summed E-state index contributed by atoms with van der Waals surface area (Å²) in [6, 6.07) is 3.58. The molecule has 0 saturated heterocycles. The van der Waals surface area contributed by atoms with Crippen molar-refractivity contribution in [2.75, 3.05) is 6.61 Å². The van der Waals surface area contributed by atoms with Crippen molar-refractivity contribution in [3.63, 3.8) is 0 Å². The molecule has 1 aromatic carbocycles. The number of carboxylic acid groups (broad SMARTS) is 1. The summed E-state index contributed by atoms with van der Waals surface area (Å²) in [5.74, 6) is -3.23. The van der Waals surface area contributed by atoms with Gasteiger partial charge in [0.15, 0.2) is 22.9 Å². The monoisotopic (exact) mass is 297 g/mol. The van der Waals surface area contributed by atoms with E-state index in [0.29, 0.717) is 0 Å². The Hall–Kier alpha value is -1.69. The number of carboxylic acids is 1. The third kappa shape index (κ3) is 2.85. The molecule has 2 fully saturated rings. The zero-order chi connectivity index (χ0) is 15.0. The lowest BCUT2D eigenvalue weighted by molar-refractivity contribution is -0.147. The van der Waals surface area contributed by atoms with Crippen molar-refractivity contribution >= 4 is 5.97 Å². The molecule has 0 amide bonds. The van der Waals surface area contributed by atoms with Crippen LogP contribution in [0.3, 0.4) is 0 Å². The molecule has 0 aromatic heterocycles. The number of benzene rings is 1. The molecule has 2 aliphatic carbocycles. The number of hydrogen-bond donors (Lipinski definition) is 2. The highest BCUT2D eigenvalue weighted by Gasteiger charge is 2.54. The average molecular weight is 297 g/mol. The molecule has 0 bridgehead atoms. The van der Waals surface area contributed by atoms with Crippen LogP contribution in [0.15, 0.2) is 18.2 Å².